The number of benzene rings is 1. The van der Waals surface area contributed by atoms with E-state index < -0.39 is 0 Å². The molecular formula is C21H25FO. The maximum Gasteiger partial charge on any atom is 0.186 e. The zero-order chi connectivity index (χ0) is 17.4. The van der Waals surface area contributed by atoms with Gasteiger partial charge in [0.05, 0.1) is 0 Å². The van der Waals surface area contributed by atoms with Gasteiger partial charge in [0.2, 0.25) is 0 Å². The summed E-state index contributed by atoms with van der Waals surface area (Å²) in [6, 6.07) is 6.68. The van der Waals surface area contributed by atoms with E-state index in [-0.39, 0.29) is 22.4 Å². The summed E-state index contributed by atoms with van der Waals surface area (Å²) < 4.78 is 13.9. The zero-order valence-electron chi connectivity index (χ0n) is 14.8. The molecule has 0 saturated heterocycles. The number of carbonyl (C=O) groups is 1. The van der Waals surface area contributed by atoms with Crippen molar-refractivity contribution in [1.29, 1.82) is 0 Å². The summed E-state index contributed by atoms with van der Waals surface area (Å²) in [5.74, 6) is -0.163. The van der Waals surface area contributed by atoms with E-state index in [9.17, 15) is 9.18 Å². The maximum absolute atomic E-state index is 13.9. The van der Waals surface area contributed by atoms with Crippen molar-refractivity contribution < 1.29 is 9.18 Å². The van der Waals surface area contributed by atoms with Crippen LogP contribution in [-0.4, -0.2) is 5.78 Å². The molecular weight excluding hydrogens is 287 g/mol. The molecule has 1 aromatic carbocycles. The third-order valence-electron chi connectivity index (χ3n) is 3.95. The van der Waals surface area contributed by atoms with Crippen molar-refractivity contribution in [2.45, 2.75) is 41.5 Å². The number of hydrogen-bond donors (Lipinski definition) is 0. The molecule has 1 aromatic rings. The molecule has 0 amide bonds. The number of Topliss-reactive ketones (excluding diaryl/α,β-unsaturated/α-hetero) is 1. The number of halogens is 1. The quantitative estimate of drug-likeness (QED) is 0.646. The lowest BCUT2D eigenvalue weighted by Crippen LogP contribution is -2.27. The van der Waals surface area contributed by atoms with Gasteiger partial charge in [-0.25, -0.2) is 4.39 Å². The summed E-state index contributed by atoms with van der Waals surface area (Å²) in [7, 11) is 0. The Hall–Kier alpha value is -1.96. The van der Waals surface area contributed by atoms with E-state index in [0.717, 1.165) is 16.7 Å². The van der Waals surface area contributed by atoms with Crippen LogP contribution in [0.5, 0.6) is 0 Å². The van der Waals surface area contributed by atoms with E-state index in [4.69, 9.17) is 0 Å². The van der Waals surface area contributed by atoms with Crippen LogP contribution in [0, 0.1) is 16.6 Å². The smallest absolute Gasteiger partial charge is 0.186 e. The molecule has 2 heteroatoms. The maximum atomic E-state index is 13.9. The molecule has 23 heavy (non-hydrogen) atoms. The summed E-state index contributed by atoms with van der Waals surface area (Å²) >= 11 is 0. The van der Waals surface area contributed by atoms with Crippen LogP contribution in [0.25, 0.3) is 6.08 Å². The summed E-state index contributed by atoms with van der Waals surface area (Å²) in [5, 5.41) is 0. The van der Waals surface area contributed by atoms with Crippen molar-refractivity contribution in [3.8, 4) is 0 Å². The normalized spacial score (nSPS) is 16.1. The largest absolute Gasteiger partial charge is 0.289 e. The number of allylic oxidation sites excluding steroid dienone is 5. The molecule has 0 radical (unpaired) electrons. The molecule has 0 N–H and O–H groups in total. The lowest BCUT2D eigenvalue weighted by atomic mass is 9.72. The van der Waals surface area contributed by atoms with Gasteiger partial charge in [0.25, 0.3) is 0 Å². The Morgan fingerprint density at radius 3 is 1.78 bits per heavy atom. The first-order chi connectivity index (χ1) is 10.5. The van der Waals surface area contributed by atoms with Crippen molar-refractivity contribution in [1.82, 2.24) is 0 Å². The van der Waals surface area contributed by atoms with Gasteiger partial charge in [-0.05, 0) is 40.7 Å². The molecule has 1 aliphatic rings. The van der Waals surface area contributed by atoms with Crippen LogP contribution < -0.4 is 0 Å². The molecule has 1 aliphatic carbocycles. The van der Waals surface area contributed by atoms with E-state index in [0.29, 0.717) is 5.56 Å². The number of hydrogen-bond acceptors (Lipinski definition) is 1. The number of ketones is 1. The minimum atomic E-state index is -0.256. The molecule has 1 nitrogen and oxygen atoms in total. The highest BCUT2D eigenvalue weighted by molar-refractivity contribution is 6.12. The second kappa shape index (κ2) is 5.92. The summed E-state index contributed by atoms with van der Waals surface area (Å²) in [6.45, 7) is 12.2. The van der Waals surface area contributed by atoms with Gasteiger partial charge in [-0.15, -0.1) is 0 Å². The molecule has 122 valence electrons. The van der Waals surface area contributed by atoms with Gasteiger partial charge in [0.1, 0.15) is 5.82 Å². The van der Waals surface area contributed by atoms with E-state index >= 15 is 0 Å². The summed E-state index contributed by atoms with van der Waals surface area (Å²) in [4.78, 5) is 12.8. The second-order valence-corrected chi connectivity index (χ2v) is 8.11. The molecule has 0 aliphatic heterocycles. The van der Waals surface area contributed by atoms with Gasteiger partial charge in [-0.3, -0.25) is 4.79 Å². The lowest BCUT2D eigenvalue weighted by Gasteiger charge is -2.31. The average molecular weight is 312 g/mol. The average Bonchev–Trinajstić information content (AvgIpc) is 2.40. The zero-order valence-corrected chi connectivity index (χ0v) is 14.8. The third kappa shape index (κ3) is 3.87. The van der Waals surface area contributed by atoms with E-state index in [2.05, 4.69) is 0 Å². The Morgan fingerprint density at radius 2 is 1.35 bits per heavy atom. The van der Waals surface area contributed by atoms with Crippen molar-refractivity contribution in [2.24, 2.45) is 10.8 Å². The first-order valence-corrected chi connectivity index (χ1v) is 7.95. The molecule has 0 spiro atoms. The van der Waals surface area contributed by atoms with Crippen molar-refractivity contribution in [3.63, 3.8) is 0 Å². The Labute approximate surface area is 138 Å². The van der Waals surface area contributed by atoms with Gasteiger partial charge in [0, 0.05) is 16.7 Å². The first-order valence-electron chi connectivity index (χ1n) is 7.95. The van der Waals surface area contributed by atoms with E-state index in [1.165, 1.54) is 6.07 Å². The highest BCUT2D eigenvalue weighted by Crippen LogP contribution is 2.39. The van der Waals surface area contributed by atoms with Crippen molar-refractivity contribution in [2.75, 3.05) is 0 Å². The minimum absolute atomic E-state index is 0.0932. The summed E-state index contributed by atoms with van der Waals surface area (Å²) in [5.41, 5.74) is 2.43. The fourth-order valence-electron chi connectivity index (χ4n) is 2.62. The van der Waals surface area contributed by atoms with E-state index in [1.807, 2.05) is 59.8 Å². The fourth-order valence-corrected chi connectivity index (χ4v) is 2.62. The molecule has 0 aromatic heterocycles. The van der Waals surface area contributed by atoms with Gasteiger partial charge >= 0.3 is 0 Å². The monoisotopic (exact) mass is 312 g/mol. The van der Waals surface area contributed by atoms with Crippen molar-refractivity contribution in [3.05, 3.63) is 64.5 Å². The SMILES string of the molecule is CC(C)(C)C1=CC(=Cc2ccccc2F)C=C(C(C)(C)C)C1=O. The van der Waals surface area contributed by atoms with Gasteiger partial charge < -0.3 is 0 Å². The molecule has 0 saturated carbocycles. The molecule has 0 bridgehead atoms. The van der Waals surface area contributed by atoms with Crippen LogP contribution in [0.2, 0.25) is 0 Å². The predicted molar refractivity (Wildman–Crippen MR) is 94.5 cm³/mol. The number of rotatable bonds is 1. The van der Waals surface area contributed by atoms with Crippen LogP contribution in [0.4, 0.5) is 4.39 Å². The number of carbonyl (C=O) groups excluding carboxylic acids is 1. The standard InChI is InChI=1S/C21H25FO/c1-20(2,3)16-12-14(11-15-9-7-8-10-18(15)22)13-17(19(16)23)21(4,5)6/h7-13H,1-6H3. The fraction of sp³-hybridized carbons (Fsp3) is 0.381. The Balaban J connectivity index is 2.61. The van der Waals surface area contributed by atoms with Crippen LogP contribution >= 0.6 is 0 Å². The third-order valence-corrected chi connectivity index (χ3v) is 3.95. The van der Waals surface area contributed by atoms with Gasteiger partial charge in [-0.1, -0.05) is 59.7 Å². The molecule has 0 unspecified atom stereocenters. The molecule has 0 atom stereocenters. The highest BCUT2D eigenvalue weighted by Gasteiger charge is 2.33. The molecule has 0 heterocycles. The van der Waals surface area contributed by atoms with Crippen LogP contribution in [0.3, 0.4) is 0 Å². The van der Waals surface area contributed by atoms with E-state index in [1.54, 1.807) is 18.2 Å². The molecule has 0 fully saturated rings. The summed E-state index contributed by atoms with van der Waals surface area (Å²) in [6.07, 6.45) is 5.59. The Bertz CT molecular complexity index is 683. The van der Waals surface area contributed by atoms with Crippen LogP contribution in [0.1, 0.15) is 47.1 Å². The van der Waals surface area contributed by atoms with Gasteiger partial charge in [-0.2, -0.15) is 0 Å². The molecule has 2 rings (SSSR count). The first kappa shape index (κ1) is 17.4. The van der Waals surface area contributed by atoms with Crippen LogP contribution in [-0.2, 0) is 4.79 Å². The van der Waals surface area contributed by atoms with Crippen molar-refractivity contribution >= 4 is 11.9 Å². The topological polar surface area (TPSA) is 17.1 Å². The minimum Gasteiger partial charge on any atom is -0.289 e. The van der Waals surface area contributed by atoms with Gasteiger partial charge in [0.15, 0.2) is 5.78 Å². The van der Waals surface area contributed by atoms with Crippen LogP contribution in [0.15, 0.2) is 53.1 Å². The highest BCUT2D eigenvalue weighted by atomic mass is 19.1. The second-order valence-electron chi connectivity index (χ2n) is 8.11. The Morgan fingerprint density at radius 1 is 0.870 bits per heavy atom. The predicted octanol–water partition coefficient (Wildman–Crippen LogP) is 5.74. The lowest BCUT2D eigenvalue weighted by molar-refractivity contribution is -0.114. The Kier molecular flexibility index (Phi) is 4.48.